The molecule has 2 N–H and O–H groups in total. The number of pyridine rings is 1. The molecule has 0 spiro atoms. The van der Waals surface area contributed by atoms with E-state index in [4.69, 9.17) is 17.3 Å². The number of anilines is 1. The van der Waals surface area contributed by atoms with E-state index in [9.17, 15) is 0 Å². The highest BCUT2D eigenvalue weighted by Crippen LogP contribution is 2.31. The van der Waals surface area contributed by atoms with E-state index in [2.05, 4.69) is 20.9 Å². The van der Waals surface area contributed by atoms with Crippen LogP contribution >= 0.6 is 27.5 Å². The highest BCUT2D eigenvalue weighted by Gasteiger charge is 2.14. The van der Waals surface area contributed by atoms with Crippen molar-refractivity contribution in [2.24, 2.45) is 0 Å². The molecule has 0 aliphatic rings. The first kappa shape index (κ1) is 13.5. The summed E-state index contributed by atoms with van der Waals surface area (Å²) in [6.07, 6.45) is 1.95. The van der Waals surface area contributed by atoms with Gasteiger partial charge < -0.3 is 5.73 Å². The fourth-order valence-corrected chi connectivity index (χ4v) is 2.82. The molecule has 0 atom stereocenters. The lowest BCUT2D eigenvalue weighted by molar-refractivity contribution is 1.16. The quantitative estimate of drug-likeness (QED) is 0.696. The van der Waals surface area contributed by atoms with Gasteiger partial charge in [-0.1, -0.05) is 17.7 Å². The number of aromatic nitrogens is 2. The molecule has 2 aromatic heterocycles. The van der Waals surface area contributed by atoms with E-state index in [1.165, 1.54) is 0 Å². The van der Waals surface area contributed by atoms with E-state index < -0.39 is 0 Å². The lowest BCUT2D eigenvalue weighted by Crippen LogP contribution is -1.95. The number of nitrogens with two attached hydrogens (primary N) is 1. The first-order valence-corrected chi connectivity index (χ1v) is 7.34. The average Bonchev–Trinajstić information content (AvgIpc) is 2.68. The molecule has 3 aromatic rings. The second-order valence-electron chi connectivity index (χ2n) is 4.84. The van der Waals surface area contributed by atoms with Crippen LogP contribution in [0.5, 0.6) is 0 Å². The zero-order valence-electron chi connectivity index (χ0n) is 11.1. The highest BCUT2D eigenvalue weighted by atomic mass is 79.9. The minimum absolute atomic E-state index is 0.631. The molecule has 0 saturated carbocycles. The van der Waals surface area contributed by atoms with Crippen molar-refractivity contribution in [3.05, 3.63) is 51.1 Å². The van der Waals surface area contributed by atoms with Gasteiger partial charge in [-0.25, -0.2) is 4.98 Å². The summed E-state index contributed by atoms with van der Waals surface area (Å²) in [6.45, 7) is 4.04. The Hall–Kier alpha value is -1.52. The topological polar surface area (TPSA) is 43.3 Å². The van der Waals surface area contributed by atoms with Crippen LogP contribution in [0.4, 0.5) is 5.82 Å². The lowest BCUT2D eigenvalue weighted by atomic mass is 10.1. The molecule has 3 nitrogen and oxygen atoms in total. The number of hydrogen-bond donors (Lipinski definition) is 1. The minimum Gasteiger partial charge on any atom is -0.383 e. The molecular formula is C15H13BrClN3. The van der Waals surface area contributed by atoms with Gasteiger partial charge in [0.15, 0.2) is 0 Å². The number of nitrogens with zero attached hydrogens (tertiary/aromatic N) is 2. The molecule has 1 aromatic carbocycles. The van der Waals surface area contributed by atoms with Crippen LogP contribution in [0, 0.1) is 13.8 Å². The molecule has 5 heteroatoms. The number of nitrogen functional groups attached to an aromatic ring is 1. The molecule has 0 radical (unpaired) electrons. The summed E-state index contributed by atoms with van der Waals surface area (Å²) in [6, 6.07) is 7.74. The van der Waals surface area contributed by atoms with Gasteiger partial charge in [-0.2, -0.15) is 0 Å². The molecule has 0 fully saturated rings. The van der Waals surface area contributed by atoms with E-state index >= 15 is 0 Å². The molecule has 0 aliphatic heterocycles. The first-order chi connectivity index (χ1) is 9.47. The summed E-state index contributed by atoms with van der Waals surface area (Å²) in [5.41, 5.74) is 11.1. The maximum absolute atomic E-state index is 6.24. The Morgan fingerprint density at radius 1 is 1.20 bits per heavy atom. The number of aryl methyl sites for hydroxylation is 2. The molecule has 2 heterocycles. The van der Waals surface area contributed by atoms with Gasteiger partial charge in [0.1, 0.15) is 17.2 Å². The SMILES string of the molecule is Cc1cc2nc(-c3ccc(Cl)cc3C)c(N)n2cc1Br. The monoisotopic (exact) mass is 349 g/mol. The summed E-state index contributed by atoms with van der Waals surface area (Å²) in [5, 5.41) is 0.715. The van der Waals surface area contributed by atoms with Gasteiger partial charge in [0.2, 0.25) is 0 Å². The molecular weight excluding hydrogens is 338 g/mol. The predicted octanol–water partition coefficient (Wildman–Crippen LogP) is 4.62. The van der Waals surface area contributed by atoms with Gasteiger partial charge in [-0.05, 0) is 59.1 Å². The predicted molar refractivity (Wildman–Crippen MR) is 87.2 cm³/mol. The zero-order chi connectivity index (χ0) is 14.4. The fourth-order valence-electron chi connectivity index (χ4n) is 2.27. The summed E-state index contributed by atoms with van der Waals surface area (Å²) in [4.78, 5) is 4.65. The van der Waals surface area contributed by atoms with Crippen molar-refractivity contribution in [3.8, 4) is 11.3 Å². The maximum Gasteiger partial charge on any atom is 0.139 e. The highest BCUT2D eigenvalue weighted by molar-refractivity contribution is 9.10. The third-order valence-corrected chi connectivity index (χ3v) is 4.45. The Morgan fingerprint density at radius 3 is 2.65 bits per heavy atom. The van der Waals surface area contributed by atoms with Crippen LogP contribution in [0.3, 0.4) is 0 Å². The Kier molecular flexibility index (Phi) is 3.22. The number of imidazole rings is 1. The third kappa shape index (κ3) is 2.09. The summed E-state index contributed by atoms with van der Waals surface area (Å²) in [5.74, 6) is 0.631. The Bertz CT molecular complexity index is 824. The molecule has 0 bridgehead atoms. The van der Waals surface area contributed by atoms with Gasteiger partial charge in [-0.3, -0.25) is 4.40 Å². The fraction of sp³-hybridized carbons (Fsp3) is 0.133. The molecule has 0 saturated heterocycles. The second-order valence-corrected chi connectivity index (χ2v) is 6.13. The van der Waals surface area contributed by atoms with Crippen molar-refractivity contribution < 1.29 is 0 Å². The number of halogens is 2. The van der Waals surface area contributed by atoms with Gasteiger partial charge in [0.25, 0.3) is 0 Å². The molecule has 0 aliphatic carbocycles. The van der Waals surface area contributed by atoms with Crippen molar-refractivity contribution in [2.75, 3.05) is 5.73 Å². The zero-order valence-corrected chi connectivity index (χ0v) is 13.5. The molecule has 20 heavy (non-hydrogen) atoms. The van der Waals surface area contributed by atoms with Crippen LogP contribution in [-0.4, -0.2) is 9.38 Å². The standard InChI is InChI=1S/C15H13BrClN3/c1-8-5-10(17)3-4-11(8)14-15(18)20-7-12(16)9(2)6-13(20)19-14/h3-7H,18H2,1-2H3. The maximum atomic E-state index is 6.24. The van der Waals surface area contributed by atoms with Crippen LogP contribution in [0.1, 0.15) is 11.1 Å². The third-order valence-electron chi connectivity index (χ3n) is 3.38. The van der Waals surface area contributed by atoms with Crippen LogP contribution in [0.15, 0.2) is 34.9 Å². The van der Waals surface area contributed by atoms with Crippen LogP contribution < -0.4 is 5.73 Å². The molecule has 3 rings (SSSR count). The Morgan fingerprint density at radius 2 is 1.95 bits per heavy atom. The first-order valence-electron chi connectivity index (χ1n) is 6.17. The summed E-state index contributed by atoms with van der Waals surface area (Å²) >= 11 is 9.52. The van der Waals surface area contributed by atoms with E-state index in [-0.39, 0.29) is 0 Å². The second kappa shape index (κ2) is 4.79. The largest absolute Gasteiger partial charge is 0.383 e. The van der Waals surface area contributed by atoms with E-state index in [0.29, 0.717) is 10.8 Å². The number of rotatable bonds is 1. The van der Waals surface area contributed by atoms with Crippen molar-refractivity contribution in [2.45, 2.75) is 13.8 Å². The minimum atomic E-state index is 0.631. The van der Waals surface area contributed by atoms with Crippen molar-refractivity contribution in [1.29, 1.82) is 0 Å². The van der Waals surface area contributed by atoms with E-state index in [1.54, 1.807) is 0 Å². The van der Waals surface area contributed by atoms with E-state index in [1.807, 2.05) is 48.7 Å². The number of hydrogen-bond acceptors (Lipinski definition) is 2. The Balaban J connectivity index is 2.29. The van der Waals surface area contributed by atoms with Crippen molar-refractivity contribution in [1.82, 2.24) is 9.38 Å². The lowest BCUT2D eigenvalue weighted by Gasteiger charge is -2.04. The van der Waals surface area contributed by atoms with Gasteiger partial charge in [0.05, 0.1) is 0 Å². The Labute approximate surface area is 130 Å². The van der Waals surface area contributed by atoms with Crippen molar-refractivity contribution >= 4 is 39.0 Å². The summed E-state index contributed by atoms with van der Waals surface area (Å²) in [7, 11) is 0. The van der Waals surface area contributed by atoms with Gasteiger partial charge >= 0.3 is 0 Å². The van der Waals surface area contributed by atoms with E-state index in [0.717, 1.165) is 32.5 Å². The average molecular weight is 351 g/mol. The normalized spacial score (nSPS) is 11.2. The molecule has 102 valence electrons. The van der Waals surface area contributed by atoms with Crippen LogP contribution in [0.2, 0.25) is 5.02 Å². The molecule has 0 amide bonds. The summed E-state index contributed by atoms with van der Waals surface area (Å²) < 4.78 is 2.90. The smallest absolute Gasteiger partial charge is 0.139 e. The van der Waals surface area contributed by atoms with Crippen LogP contribution in [0.25, 0.3) is 16.9 Å². The van der Waals surface area contributed by atoms with Crippen LogP contribution in [-0.2, 0) is 0 Å². The van der Waals surface area contributed by atoms with Crippen molar-refractivity contribution in [3.63, 3.8) is 0 Å². The molecule has 0 unspecified atom stereocenters. The number of fused-ring (bicyclic) bond motifs is 1. The van der Waals surface area contributed by atoms with Gasteiger partial charge in [0, 0.05) is 21.3 Å². The van der Waals surface area contributed by atoms with Gasteiger partial charge in [-0.15, -0.1) is 0 Å². The number of benzene rings is 1.